The van der Waals surface area contributed by atoms with Crippen molar-refractivity contribution >= 4 is 12.4 Å². The Morgan fingerprint density at radius 3 is 2.58 bits per heavy atom. The Morgan fingerprint density at radius 2 is 2.25 bits per heavy atom. The Hall–Kier alpha value is 0.170. The summed E-state index contributed by atoms with van der Waals surface area (Å²) in [5.41, 5.74) is 5.98. The van der Waals surface area contributed by atoms with Crippen LogP contribution in [-0.4, -0.2) is 31.5 Å². The number of fused-ring (bicyclic) bond motifs is 2. The molecule has 1 aliphatic carbocycles. The van der Waals surface area contributed by atoms with Crippen LogP contribution in [0.1, 0.15) is 19.3 Å². The van der Waals surface area contributed by atoms with Crippen LogP contribution in [0, 0.1) is 0 Å². The molecule has 12 heavy (non-hydrogen) atoms. The predicted octanol–water partition coefficient (Wildman–Crippen LogP) is 0.705. The number of nitrogens with two attached hydrogens (primary N) is 1. The first-order valence-electron chi connectivity index (χ1n) is 4.10. The highest BCUT2D eigenvalue weighted by molar-refractivity contribution is 5.85. The summed E-state index contributed by atoms with van der Waals surface area (Å²) in [7, 11) is 1.72. The van der Waals surface area contributed by atoms with Crippen molar-refractivity contribution in [3.63, 3.8) is 0 Å². The lowest BCUT2D eigenvalue weighted by Crippen LogP contribution is -2.38. The molecule has 3 nitrogen and oxygen atoms in total. The number of halogens is 1. The van der Waals surface area contributed by atoms with Crippen molar-refractivity contribution in [2.45, 2.75) is 30.4 Å². The maximum absolute atomic E-state index is 6.03. The van der Waals surface area contributed by atoms with Crippen molar-refractivity contribution in [1.29, 1.82) is 0 Å². The number of methoxy groups -OCH3 is 1. The first kappa shape index (κ1) is 10.3. The van der Waals surface area contributed by atoms with Crippen molar-refractivity contribution in [3.05, 3.63) is 0 Å². The minimum Gasteiger partial charge on any atom is -0.382 e. The van der Waals surface area contributed by atoms with E-state index in [4.69, 9.17) is 15.2 Å². The van der Waals surface area contributed by atoms with E-state index in [1.54, 1.807) is 7.11 Å². The zero-order valence-electron chi connectivity index (χ0n) is 7.34. The van der Waals surface area contributed by atoms with Gasteiger partial charge in [0, 0.05) is 12.6 Å². The molecule has 1 saturated carbocycles. The summed E-state index contributed by atoms with van der Waals surface area (Å²) in [6, 6.07) is 0. The Balaban J connectivity index is 0.000000720. The van der Waals surface area contributed by atoms with Gasteiger partial charge in [-0.15, -0.1) is 12.4 Å². The van der Waals surface area contributed by atoms with E-state index in [-0.39, 0.29) is 23.5 Å². The number of ether oxygens (including phenoxy) is 2. The molecule has 2 aliphatic rings. The van der Waals surface area contributed by atoms with Gasteiger partial charge in [-0.3, -0.25) is 0 Å². The molecule has 0 aromatic carbocycles. The minimum atomic E-state index is -0.0292. The molecule has 1 aliphatic heterocycles. The molecule has 0 aromatic heterocycles. The molecule has 0 aromatic rings. The predicted molar refractivity (Wildman–Crippen MR) is 48.6 cm³/mol. The average Bonchev–Trinajstić information content (AvgIpc) is 2.42. The van der Waals surface area contributed by atoms with Crippen LogP contribution in [0.3, 0.4) is 0 Å². The molecule has 1 heterocycles. The SMILES string of the molecule is COCC12CCC(N)(CO1)C2.Cl. The highest BCUT2D eigenvalue weighted by atomic mass is 35.5. The van der Waals surface area contributed by atoms with Gasteiger partial charge in [0.1, 0.15) is 0 Å². The van der Waals surface area contributed by atoms with Gasteiger partial charge in [0.25, 0.3) is 0 Å². The molecule has 2 rings (SSSR count). The second-order valence-electron chi connectivity index (χ2n) is 3.94. The average molecular weight is 194 g/mol. The molecule has 2 unspecified atom stereocenters. The summed E-state index contributed by atoms with van der Waals surface area (Å²) in [6.07, 6.45) is 3.14. The summed E-state index contributed by atoms with van der Waals surface area (Å²) in [4.78, 5) is 0. The van der Waals surface area contributed by atoms with E-state index in [9.17, 15) is 0 Å². The topological polar surface area (TPSA) is 44.5 Å². The lowest BCUT2D eigenvalue weighted by molar-refractivity contribution is -0.0653. The second-order valence-corrected chi connectivity index (χ2v) is 3.94. The van der Waals surface area contributed by atoms with Gasteiger partial charge < -0.3 is 15.2 Å². The molecule has 2 atom stereocenters. The van der Waals surface area contributed by atoms with E-state index in [0.29, 0.717) is 6.61 Å². The van der Waals surface area contributed by atoms with Gasteiger partial charge >= 0.3 is 0 Å². The smallest absolute Gasteiger partial charge is 0.0934 e. The molecular formula is C8H16ClNO2. The number of hydrogen-bond donors (Lipinski definition) is 1. The maximum Gasteiger partial charge on any atom is 0.0934 e. The number of rotatable bonds is 2. The van der Waals surface area contributed by atoms with Crippen molar-refractivity contribution in [3.8, 4) is 0 Å². The summed E-state index contributed by atoms with van der Waals surface area (Å²) in [6.45, 7) is 1.42. The van der Waals surface area contributed by atoms with Crippen LogP contribution in [-0.2, 0) is 9.47 Å². The van der Waals surface area contributed by atoms with Crippen molar-refractivity contribution in [2.75, 3.05) is 20.3 Å². The Morgan fingerprint density at radius 1 is 1.50 bits per heavy atom. The fourth-order valence-electron chi connectivity index (χ4n) is 2.27. The molecule has 0 amide bonds. The zero-order chi connectivity index (χ0) is 7.95. The second kappa shape index (κ2) is 3.14. The Bertz CT molecular complexity index is 161. The molecule has 0 radical (unpaired) electrons. The largest absolute Gasteiger partial charge is 0.382 e. The highest BCUT2D eigenvalue weighted by Crippen LogP contribution is 2.45. The van der Waals surface area contributed by atoms with Crippen LogP contribution in [0.25, 0.3) is 0 Å². The molecular weight excluding hydrogens is 178 g/mol. The van der Waals surface area contributed by atoms with Crippen LogP contribution in [0.2, 0.25) is 0 Å². The van der Waals surface area contributed by atoms with Crippen LogP contribution in [0.5, 0.6) is 0 Å². The van der Waals surface area contributed by atoms with Gasteiger partial charge in [-0.2, -0.15) is 0 Å². The third-order valence-corrected chi connectivity index (χ3v) is 2.83. The van der Waals surface area contributed by atoms with E-state index < -0.39 is 0 Å². The van der Waals surface area contributed by atoms with Gasteiger partial charge in [-0.05, 0) is 19.3 Å². The van der Waals surface area contributed by atoms with Crippen LogP contribution in [0.4, 0.5) is 0 Å². The normalized spacial score (nSPS) is 44.5. The van der Waals surface area contributed by atoms with E-state index in [1.165, 1.54) is 0 Å². The monoisotopic (exact) mass is 193 g/mol. The summed E-state index contributed by atoms with van der Waals surface area (Å²) in [5.74, 6) is 0. The van der Waals surface area contributed by atoms with E-state index >= 15 is 0 Å². The molecule has 72 valence electrons. The highest BCUT2D eigenvalue weighted by Gasteiger charge is 2.53. The Kier molecular flexibility index (Phi) is 2.69. The summed E-state index contributed by atoms with van der Waals surface area (Å²) in [5, 5.41) is 0. The molecule has 0 spiro atoms. The van der Waals surface area contributed by atoms with Crippen molar-refractivity contribution < 1.29 is 9.47 Å². The molecule has 1 saturated heterocycles. The standard InChI is InChI=1S/C8H15NO2.ClH/c1-10-6-8-3-2-7(9,4-8)5-11-8;/h2-6,9H2,1H3;1H. The van der Waals surface area contributed by atoms with Gasteiger partial charge in [0.2, 0.25) is 0 Å². The van der Waals surface area contributed by atoms with E-state index in [1.807, 2.05) is 0 Å². The van der Waals surface area contributed by atoms with Crippen molar-refractivity contribution in [1.82, 2.24) is 0 Å². The van der Waals surface area contributed by atoms with E-state index in [0.717, 1.165) is 25.9 Å². The minimum absolute atomic E-state index is 0. The fraction of sp³-hybridized carbons (Fsp3) is 1.00. The quantitative estimate of drug-likeness (QED) is 0.703. The van der Waals surface area contributed by atoms with Crippen LogP contribution < -0.4 is 5.73 Å². The molecule has 2 N–H and O–H groups in total. The summed E-state index contributed by atoms with van der Waals surface area (Å²) >= 11 is 0. The lowest BCUT2D eigenvalue weighted by atomic mass is 10.0. The Labute approximate surface area is 79.0 Å². The molecule has 2 bridgehead atoms. The first-order valence-corrected chi connectivity index (χ1v) is 4.10. The number of hydrogen-bond acceptors (Lipinski definition) is 3. The molecule has 2 fully saturated rings. The fourth-order valence-corrected chi connectivity index (χ4v) is 2.27. The van der Waals surface area contributed by atoms with Crippen molar-refractivity contribution in [2.24, 2.45) is 5.73 Å². The van der Waals surface area contributed by atoms with Crippen LogP contribution >= 0.6 is 12.4 Å². The zero-order valence-corrected chi connectivity index (χ0v) is 8.15. The van der Waals surface area contributed by atoms with Gasteiger partial charge in [0.15, 0.2) is 0 Å². The van der Waals surface area contributed by atoms with Crippen LogP contribution in [0.15, 0.2) is 0 Å². The third-order valence-electron chi connectivity index (χ3n) is 2.83. The lowest BCUT2D eigenvalue weighted by Gasteiger charge is -2.26. The maximum atomic E-state index is 6.03. The van der Waals surface area contributed by atoms with Gasteiger partial charge in [-0.1, -0.05) is 0 Å². The summed E-state index contributed by atoms with van der Waals surface area (Å²) < 4.78 is 10.7. The van der Waals surface area contributed by atoms with E-state index in [2.05, 4.69) is 0 Å². The first-order chi connectivity index (χ1) is 5.18. The third kappa shape index (κ3) is 1.46. The molecule has 4 heteroatoms. The van der Waals surface area contributed by atoms with Gasteiger partial charge in [-0.25, -0.2) is 0 Å². The van der Waals surface area contributed by atoms with Gasteiger partial charge in [0.05, 0.1) is 18.8 Å².